The summed E-state index contributed by atoms with van der Waals surface area (Å²) in [5.74, 6) is -1.12. The van der Waals surface area contributed by atoms with Crippen LogP contribution in [0.5, 0.6) is 0 Å². The van der Waals surface area contributed by atoms with Crippen LogP contribution in [0.3, 0.4) is 0 Å². The molecule has 2 aromatic heterocycles. The summed E-state index contributed by atoms with van der Waals surface area (Å²) in [5, 5.41) is 4.00. The summed E-state index contributed by atoms with van der Waals surface area (Å²) in [7, 11) is 0. The van der Waals surface area contributed by atoms with E-state index in [9.17, 15) is 14.4 Å². The van der Waals surface area contributed by atoms with E-state index < -0.39 is 18.4 Å². The first-order chi connectivity index (χ1) is 12.9. The van der Waals surface area contributed by atoms with Gasteiger partial charge in [0.25, 0.3) is 0 Å². The lowest BCUT2D eigenvalue weighted by atomic mass is 10.1. The third-order valence-electron chi connectivity index (χ3n) is 4.19. The molecule has 27 heavy (non-hydrogen) atoms. The molecule has 0 aliphatic heterocycles. The monoisotopic (exact) mass is 366 g/mol. The van der Waals surface area contributed by atoms with Crippen LogP contribution in [0.15, 0.2) is 36.9 Å². The minimum atomic E-state index is -0.610. The van der Waals surface area contributed by atoms with Gasteiger partial charge in [-0.1, -0.05) is 0 Å². The highest BCUT2D eigenvalue weighted by atomic mass is 16.5. The Morgan fingerprint density at radius 2 is 1.85 bits per heavy atom. The smallest absolute Gasteiger partial charge is 0.338 e. The highest BCUT2D eigenvalue weighted by Gasteiger charge is 2.21. The Balaban J connectivity index is 1.66. The number of aryl methyl sites for hydroxylation is 1. The number of Topliss-reactive ketones (excluding diaryl/α,β-unsaturated/α-hetero) is 2. The van der Waals surface area contributed by atoms with Crippen molar-refractivity contribution < 1.29 is 19.1 Å². The van der Waals surface area contributed by atoms with Gasteiger partial charge in [0.15, 0.2) is 12.4 Å². The molecule has 1 aromatic carbocycles. The molecule has 8 nitrogen and oxygen atoms in total. The van der Waals surface area contributed by atoms with Gasteiger partial charge in [-0.3, -0.25) is 9.59 Å². The van der Waals surface area contributed by atoms with Gasteiger partial charge in [-0.25, -0.2) is 14.5 Å². The number of aromatic nitrogens is 4. The Labute approximate surface area is 155 Å². The summed E-state index contributed by atoms with van der Waals surface area (Å²) in [6, 6.07) is 6.57. The Kier molecular flexibility index (Phi) is 4.98. The Morgan fingerprint density at radius 3 is 2.41 bits per heavy atom. The van der Waals surface area contributed by atoms with Crippen LogP contribution >= 0.6 is 0 Å². The van der Waals surface area contributed by atoms with Crippen molar-refractivity contribution in [1.29, 1.82) is 0 Å². The minimum absolute atomic E-state index is 0.121. The number of carbonyl (C=O) groups is 3. The first-order valence-electron chi connectivity index (χ1n) is 8.24. The second kappa shape index (κ2) is 7.36. The average Bonchev–Trinajstić information content (AvgIpc) is 3.27. The molecule has 138 valence electrons. The molecule has 0 aliphatic rings. The van der Waals surface area contributed by atoms with E-state index in [1.54, 1.807) is 49.1 Å². The predicted molar refractivity (Wildman–Crippen MR) is 96.2 cm³/mol. The summed E-state index contributed by atoms with van der Waals surface area (Å²) in [5.41, 5.74) is 3.03. The minimum Gasteiger partial charge on any atom is -0.454 e. The van der Waals surface area contributed by atoms with Crippen LogP contribution in [-0.2, 0) is 4.74 Å². The van der Waals surface area contributed by atoms with E-state index in [2.05, 4.69) is 15.1 Å². The van der Waals surface area contributed by atoms with Crippen molar-refractivity contribution >= 4 is 17.5 Å². The van der Waals surface area contributed by atoms with Gasteiger partial charge in [-0.2, -0.15) is 5.10 Å². The molecule has 0 fully saturated rings. The molecule has 0 amide bonds. The maximum atomic E-state index is 12.4. The van der Waals surface area contributed by atoms with E-state index in [1.165, 1.54) is 13.3 Å². The lowest BCUT2D eigenvalue weighted by Gasteiger charge is -2.06. The molecule has 0 saturated heterocycles. The topological polar surface area (TPSA) is 107 Å². The maximum Gasteiger partial charge on any atom is 0.338 e. The van der Waals surface area contributed by atoms with Crippen molar-refractivity contribution in [3.63, 3.8) is 0 Å². The molecule has 3 rings (SSSR count). The molecule has 3 aromatic rings. The predicted octanol–water partition coefficient (Wildman–Crippen LogP) is 2.45. The van der Waals surface area contributed by atoms with Gasteiger partial charge in [-0.15, -0.1) is 0 Å². The number of carbonyl (C=O) groups excluding carboxylic acids is 3. The van der Waals surface area contributed by atoms with Gasteiger partial charge in [0.1, 0.15) is 12.7 Å². The second-order valence-corrected chi connectivity index (χ2v) is 6.07. The first-order valence-corrected chi connectivity index (χ1v) is 8.24. The van der Waals surface area contributed by atoms with Crippen molar-refractivity contribution in [2.45, 2.75) is 20.8 Å². The van der Waals surface area contributed by atoms with Crippen LogP contribution in [0, 0.1) is 13.8 Å². The van der Waals surface area contributed by atoms with E-state index in [-0.39, 0.29) is 11.5 Å². The van der Waals surface area contributed by atoms with E-state index in [1.807, 2.05) is 0 Å². The van der Waals surface area contributed by atoms with Crippen molar-refractivity contribution in [1.82, 2.24) is 19.7 Å². The normalized spacial score (nSPS) is 10.6. The van der Waals surface area contributed by atoms with Crippen LogP contribution in [0.2, 0.25) is 0 Å². The maximum absolute atomic E-state index is 12.4. The summed E-state index contributed by atoms with van der Waals surface area (Å²) in [6.07, 6.45) is 2.96. The molecule has 0 spiro atoms. The fourth-order valence-corrected chi connectivity index (χ4v) is 2.94. The highest BCUT2D eigenvalue weighted by molar-refractivity contribution is 6.04. The lowest BCUT2D eigenvalue weighted by Crippen LogP contribution is -2.15. The number of esters is 1. The standard InChI is InChI=1S/C19H18N4O4/c1-11-17(13(3)24)12(2)22-18(11)16(25)8-27-19(26)14-4-6-15(7-5-14)23-10-20-9-21-23/h4-7,9-10,22H,8H2,1-3H3. The fourth-order valence-electron chi connectivity index (χ4n) is 2.94. The fraction of sp³-hybridized carbons (Fsp3) is 0.211. The third kappa shape index (κ3) is 3.69. The molecule has 0 atom stereocenters. The van der Waals surface area contributed by atoms with Crippen LogP contribution < -0.4 is 0 Å². The zero-order valence-electron chi connectivity index (χ0n) is 15.1. The number of H-pyrrole nitrogens is 1. The quantitative estimate of drug-likeness (QED) is 0.530. The molecule has 2 heterocycles. The van der Waals surface area contributed by atoms with E-state index in [4.69, 9.17) is 4.74 Å². The number of hydrogen-bond acceptors (Lipinski definition) is 6. The van der Waals surface area contributed by atoms with Crippen molar-refractivity contribution in [3.05, 3.63) is 65.0 Å². The Bertz CT molecular complexity index is 1000. The lowest BCUT2D eigenvalue weighted by molar-refractivity contribution is 0.0473. The van der Waals surface area contributed by atoms with E-state index in [0.29, 0.717) is 22.4 Å². The van der Waals surface area contributed by atoms with Crippen molar-refractivity contribution in [3.8, 4) is 5.69 Å². The molecule has 0 aliphatic carbocycles. The van der Waals surface area contributed by atoms with Gasteiger partial charge in [-0.05, 0) is 50.6 Å². The molecular weight excluding hydrogens is 348 g/mol. The van der Waals surface area contributed by atoms with Gasteiger partial charge < -0.3 is 9.72 Å². The molecule has 1 N–H and O–H groups in total. The van der Waals surface area contributed by atoms with E-state index >= 15 is 0 Å². The number of ether oxygens (including phenoxy) is 1. The number of benzene rings is 1. The molecule has 0 saturated carbocycles. The first kappa shape index (κ1) is 18.2. The number of nitrogens with one attached hydrogen (secondary N) is 1. The Morgan fingerprint density at radius 1 is 1.15 bits per heavy atom. The highest BCUT2D eigenvalue weighted by Crippen LogP contribution is 2.19. The van der Waals surface area contributed by atoms with E-state index in [0.717, 1.165) is 5.69 Å². The van der Waals surface area contributed by atoms with Gasteiger partial charge >= 0.3 is 5.97 Å². The number of rotatable bonds is 6. The SMILES string of the molecule is CC(=O)c1c(C)[nH]c(C(=O)COC(=O)c2ccc(-n3cncn3)cc2)c1C. The second-order valence-electron chi connectivity index (χ2n) is 6.07. The molecule has 0 radical (unpaired) electrons. The van der Waals surface area contributed by atoms with Crippen LogP contribution in [0.1, 0.15) is 49.4 Å². The van der Waals surface area contributed by atoms with Crippen molar-refractivity contribution in [2.75, 3.05) is 6.61 Å². The van der Waals surface area contributed by atoms with Crippen LogP contribution in [0.25, 0.3) is 5.69 Å². The molecular formula is C19H18N4O4. The number of hydrogen-bond donors (Lipinski definition) is 1. The zero-order valence-corrected chi connectivity index (χ0v) is 15.1. The summed E-state index contributed by atoms with van der Waals surface area (Å²) in [6.45, 7) is 4.45. The zero-order chi connectivity index (χ0) is 19.6. The van der Waals surface area contributed by atoms with Gasteiger partial charge in [0.05, 0.1) is 16.9 Å². The molecule has 0 bridgehead atoms. The van der Waals surface area contributed by atoms with Gasteiger partial charge in [0, 0.05) is 11.3 Å². The summed E-state index contributed by atoms with van der Waals surface area (Å²) < 4.78 is 6.67. The third-order valence-corrected chi connectivity index (χ3v) is 4.19. The number of aromatic amines is 1. The summed E-state index contributed by atoms with van der Waals surface area (Å²) in [4.78, 5) is 43.0. The largest absolute Gasteiger partial charge is 0.454 e. The Hall–Kier alpha value is -3.55. The molecule has 8 heteroatoms. The summed E-state index contributed by atoms with van der Waals surface area (Å²) >= 11 is 0. The average molecular weight is 366 g/mol. The van der Waals surface area contributed by atoms with Crippen LogP contribution in [-0.4, -0.2) is 43.9 Å². The van der Waals surface area contributed by atoms with Crippen LogP contribution in [0.4, 0.5) is 0 Å². The number of ketones is 2. The molecule has 0 unspecified atom stereocenters. The van der Waals surface area contributed by atoms with Crippen molar-refractivity contribution in [2.24, 2.45) is 0 Å². The van der Waals surface area contributed by atoms with Gasteiger partial charge in [0.2, 0.25) is 5.78 Å². The number of nitrogens with zero attached hydrogens (tertiary/aromatic N) is 3.